The minimum atomic E-state index is 0. The summed E-state index contributed by atoms with van der Waals surface area (Å²) in [4.78, 5) is 0. The van der Waals surface area contributed by atoms with E-state index in [2.05, 4.69) is 53.5 Å². The van der Waals surface area contributed by atoms with Crippen molar-refractivity contribution in [2.75, 3.05) is 11.6 Å². The fourth-order valence-corrected chi connectivity index (χ4v) is 3.48. The Balaban J connectivity index is 0.00000132. The van der Waals surface area contributed by atoms with Crippen molar-refractivity contribution in [2.24, 2.45) is 5.92 Å². The zero-order valence-electron chi connectivity index (χ0n) is 15.1. The minimum Gasteiger partial charge on any atom is -0.594 e. The molecular formula is C21H28N2Ti-4. The molecule has 4 rings (SSSR count). The second-order valence-corrected chi connectivity index (χ2v) is 5.87. The Morgan fingerprint density at radius 2 is 1.42 bits per heavy atom. The van der Waals surface area contributed by atoms with E-state index in [1.165, 1.54) is 42.5 Å². The van der Waals surface area contributed by atoms with Crippen LogP contribution in [0.3, 0.4) is 0 Å². The molecule has 0 atom stereocenters. The Hall–Kier alpha value is -1.25. The first-order valence-electron chi connectivity index (χ1n) is 7.59. The molecule has 2 aromatic rings. The van der Waals surface area contributed by atoms with Gasteiger partial charge in [0, 0.05) is 39.5 Å². The molecule has 2 nitrogen and oxygen atoms in total. The first kappa shape index (κ1) is 22.8. The van der Waals surface area contributed by atoms with Gasteiger partial charge < -0.3 is 32.7 Å². The largest absolute Gasteiger partial charge is 0.594 e. The summed E-state index contributed by atoms with van der Waals surface area (Å²) in [7, 11) is 0. The molecule has 1 aliphatic carbocycles. The van der Waals surface area contributed by atoms with Gasteiger partial charge >= 0.3 is 0 Å². The number of nitrogens with zero attached hydrogens (tertiary/aromatic N) is 2. The van der Waals surface area contributed by atoms with Gasteiger partial charge in [0.25, 0.3) is 0 Å². The molecule has 0 spiro atoms. The van der Waals surface area contributed by atoms with Crippen LogP contribution >= 0.6 is 0 Å². The summed E-state index contributed by atoms with van der Waals surface area (Å²) in [6, 6.07) is 17.1. The summed E-state index contributed by atoms with van der Waals surface area (Å²) >= 11 is 0. The molecule has 3 heteroatoms. The smallest absolute Gasteiger partial charge is 0.0311 e. The molecule has 1 aliphatic heterocycles. The van der Waals surface area contributed by atoms with Crippen molar-refractivity contribution in [3.63, 3.8) is 0 Å². The van der Waals surface area contributed by atoms with Crippen molar-refractivity contribution < 1.29 is 21.7 Å². The monoisotopic (exact) mass is 356 g/mol. The number of fused-ring (bicyclic) bond motifs is 3. The molecule has 2 aliphatic rings. The van der Waals surface area contributed by atoms with E-state index in [4.69, 9.17) is 5.43 Å². The van der Waals surface area contributed by atoms with Crippen molar-refractivity contribution in [1.29, 1.82) is 0 Å². The predicted octanol–water partition coefficient (Wildman–Crippen LogP) is 6.63. The summed E-state index contributed by atoms with van der Waals surface area (Å²) < 4.78 is 0. The fraction of sp³-hybridized carbons (Fsp3) is 0.286. The van der Waals surface area contributed by atoms with Crippen molar-refractivity contribution in [2.45, 2.75) is 25.7 Å². The van der Waals surface area contributed by atoms with E-state index in [1.54, 1.807) is 0 Å². The molecule has 0 radical (unpaired) electrons. The second-order valence-electron chi connectivity index (χ2n) is 5.87. The van der Waals surface area contributed by atoms with E-state index < -0.39 is 0 Å². The Morgan fingerprint density at radius 1 is 0.833 bits per heavy atom. The third-order valence-electron chi connectivity index (χ3n) is 4.51. The van der Waals surface area contributed by atoms with Crippen molar-refractivity contribution >= 4 is 11.4 Å². The first-order chi connectivity index (χ1) is 9.92. The normalized spacial score (nSPS) is 14.6. The van der Waals surface area contributed by atoms with E-state index in [0.29, 0.717) is 0 Å². The molecule has 1 fully saturated rings. The standard InChI is InChI=1S/C18H19N2.3CH3.Ti/c1-2-8-14(7-1)13-20-18-12-6-4-10-16(18)15-9-3-5-11-17(15)19-20;;;;/h3-6,9-12,14H,1-2,7-8,13H2;3*1H3;/q4*-1;. The molecule has 0 N–H and O–H groups in total. The summed E-state index contributed by atoms with van der Waals surface area (Å²) in [5.41, 5.74) is 9.82. The molecule has 130 valence electrons. The van der Waals surface area contributed by atoms with Gasteiger partial charge in [-0.1, -0.05) is 55.3 Å². The van der Waals surface area contributed by atoms with Crippen LogP contribution in [-0.4, -0.2) is 6.54 Å². The van der Waals surface area contributed by atoms with Crippen LogP contribution in [0.4, 0.5) is 11.4 Å². The predicted molar refractivity (Wildman–Crippen MR) is 103 cm³/mol. The summed E-state index contributed by atoms with van der Waals surface area (Å²) in [5.74, 6) is 0.803. The van der Waals surface area contributed by atoms with Gasteiger partial charge in [0.05, 0.1) is 0 Å². The maximum atomic E-state index is 4.88. The van der Waals surface area contributed by atoms with Gasteiger partial charge in [-0.3, -0.25) is 0 Å². The number of para-hydroxylation sites is 1. The Morgan fingerprint density at radius 3 is 2.12 bits per heavy atom. The number of hydrogen-bond acceptors (Lipinski definition) is 1. The van der Waals surface area contributed by atoms with Crippen molar-refractivity contribution in [3.8, 4) is 11.1 Å². The van der Waals surface area contributed by atoms with Crippen molar-refractivity contribution in [1.82, 2.24) is 0 Å². The number of anilines is 1. The van der Waals surface area contributed by atoms with Crippen LogP contribution in [0.5, 0.6) is 0 Å². The molecule has 2 aromatic carbocycles. The molecule has 0 bridgehead atoms. The Bertz CT molecular complexity index is 621. The zero-order valence-corrected chi connectivity index (χ0v) is 16.7. The van der Waals surface area contributed by atoms with Crippen LogP contribution in [0.15, 0.2) is 48.5 Å². The van der Waals surface area contributed by atoms with E-state index >= 15 is 0 Å². The minimum absolute atomic E-state index is 0. The van der Waals surface area contributed by atoms with Gasteiger partial charge in [-0.05, 0) is 30.4 Å². The number of benzene rings is 2. The quantitative estimate of drug-likeness (QED) is 0.436. The van der Waals surface area contributed by atoms with Gasteiger partial charge in [0.1, 0.15) is 0 Å². The SMILES string of the molecule is [CH3-].[CH3-].[CH3-].[Ti].c1ccc2c(c1)[N-]N(CC1CCCC1)c1ccccc1-2. The van der Waals surface area contributed by atoms with E-state index in [-0.39, 0.29) is 44.0 Å². The van der Waals surface area contributed by atoms with Gasteiger partial charge in [-0.2, -0.15) is 0 Å². The molecule has 0 aromatic heterocycles. The Labute approximate surface area is 163 Å². The molecule has 0 saturated heterocycles. The van der Waals surface area contributed by atoms with Gasteiger partial charge in [-0.15, -0.1) is 5.69 Å². The molecule has 0 unspecified atom stereocenters. The number of hydrogen-bond donors (Lipinski definition) is 0. The Kier molecular flexibility index (Phi) is 9.39. The van der Waals surface area contributed by atoms with Crippen LogP contribution in [0, 0.1) is 28.2 Å². The van der Waals surface area contributed by atoms with Crippen LogP contribution < -0.4 is 5.01 Å². The molecule has 24 heavy (non-hydrogen) atoms. The van der Waals surface area contributed by atoms with Gasteiger partial charge in [-0.25, -0.2) is 0 Å². The average molecular weight is 356 g/mol. The maximum absolute atomic E-state index is 4.88. The molecule has 0 amide bonds. The molecular weight excluding hydrogens is 328 g/mol. The average Bonchev–Trinajstić information content (AvgIpc) is 3.00. The third kappa shape index (κ3) is 4.23. The number of rotatable bonds is 2. The van der Waals surface area contributed by atoms with E-state index in [9.17, 15) is 0 Å². The van der Waals surface area contributed by atoms with Crippen LogP contribution in [0.2, 0.25) is 0 Å². The van der Waals surface area contributed by atoms with Gasteiger partial charge in [0.15, 0.2) is 0 Å². The van der Waals surface area contributed by atoms with Crippen LogP contribution in [0.25, 0.3) is 16.6 Å². The van der Waals surface area contributed by atoms with Crippen LogP contribution in [-0.2, 0) is 21.7 Å². The third-order valence-corrected chi connectivity index (χ3v) is 4.51. The van der Waals surface area contributed by atoms with Crippen LogP contribution in [0.1, 0.15) is 25.7 Å². The van der Waals surface area contributed by atoms with Gasteiger partial charge in [0.2, 0.25) is 0 Å². The summed E-state index contributed by atoms with van der Waals surface area (Å²) in [6.07, 6.45) is 5.49. The second kappa shape index (κ2) is 9.91. The van der Waals surface area contributed by atoms with Crippen molar-refractivity contribution in [3.05, 3.63) is 76.2 Å². The molecule has 1 saturated carbocycles. The summed E-state index contributed by atoms with van der Waals surface area (Å²) in [5, 5.41) is 2.23. The first-order valence-corrected chi connectivity index (χ1v) is 7.59. The topological polar surface area (TPSA) is 17.3 Å². The van der Waals surface area contributed by atoms with E-state index in [1.807, 2.05) is 0 Å². The summed E-state index contributed by atoms with van der Waals surface area (Å²) in [6.45, 7) is 1.06. The van der Waals surface area contributed by atoms with E-state index in [0.717, 1.165) is 18.2 Å². The molecule has 1 heterocycles. The zero-order chi connectivity index (χ0) is 13.4. The fourth-order valence-electron chi connectivity index (χ4n) is 3.48. The maximum Gasteiger partial charge on any atom is 0.0311 e.